The standard InChI is InChI=1S/C11H13ClN2/c1-7(2)6-8-4-3-5-9-10(8)14-11(12)13-9/h3-5,7H,6H2,1-2H3,(H,13,14). The predicted molar refractivity (Wildman–Crippen MR) is 59.6 cm³/mol. The third-order valence-electron chi connectivity index (χ3n) is 2.20. The molecule has 0 atom stereocenters. The topological polar surface area (TPSA) is 28.7 Å². The van der Waals surface area contributed by atoms with Crippen molar-refractivity contribution >= 4 is 22.6 Å². The van der Waals surface area contributed by atoms with Crippen LogP contribution in [0.5, 0.6) is 0 Å². The summed E-state index contributed by atoms with van der Waals surface area (Å²) >= 11 is 5.82. The highest BCUT2D eigenvalue weighted by Gasteiger charge is 2.06. The minimum atomic E-state index is 0.469. The fraction of sp³-hybridized carbons (Fsp3) is 0.364. The predicted octanol–water partition coefficient (Wildman–Crippen LogP) is 3.41. The summed E-state index contributed by atoms with van der Waals surface area (Å²) in [5.41, 5.74) is 3.29. The van der Waals surface area contributed by atoms with Gasteiger partial charge in [-0.2, -0.15) is 0 Å². The fourth-order valence-electron chi connectivity index (χ4n) is 1.67. The zero-order chi connectivity index (χ0) is 10.1. The number of nitrogens with one attached hydrogen (secondary N) is 1. The van der Waals surface area contributed by atoms with E-state index in [2.05, 4.69) is 29.9 Å². The number of hydrogen-bond acceptors (Lipinski definition) is 1. The van der Waals surface area contributed by atoms with E-state index < -0.39 is 0 Å². The third kappa shape index (κ3) is 1.75. The monoisotopic (exact) mass is 208 g/mol. The lowest BCUT2D eigenvalue weighted by molar-refractivity contribution is 0.649. The van der Waals surface area contributed by atoms with Crippen LogP contribution in [-0.4, -0.2) is 9.97 Å². The van der Waals surface area contributed by atoms with E-state index in [-0.39, 0.29) is 0 Å². The minimum Gasteiger partial charge on any atom is -0.329 e. The lowest BCUT2D eigenvalue weighted by Crippen LogP contribution is -1.94. The average Bonchev–Trinajstić information content (AvgIpc) is 2.45. The lowest BCUT2D eigenvalue weighted by atomic mass is 10.0. The Labute approximate surface area is 88.3 Å². The van der Waals surface area contributed by atoms with Crippen LogP contribution in [0.1, 0.15) is 19.4 Å². The lowest BCUT2D eigenvalue weighted by Gasteiger charge is -2.04. The van der Waals surface area contributed by atoms with Crippen LogP contribution in [0.2, 0.25) is 5.28 Å². The van der Waals surface area contributed by atoms with Gasteiger partial charge >= 0.3 is 0 Å². The van der Waals surface area contributed by atoms with Crippen LogP contribution in [-0.2, 0) is 6.42 Å². The Balaban J connectivity index is 2.53. The normalized spacial score (nSPS) is 11.4. The SMILES string of the molecule is CC(C)Cc1cccc2[nH]c(Cl)nc12. The fourth-order valence-corrected chi connectivity index (χ4v) is 1.85. The van der Waals surface area contributed by atoms with Crippen molar-refractivity contribution in [3.8, 4) is 0 Å². The number of benzene rings is 1. The second kappa shape index (κ2) is 3.62. The summed E-state index contributed by atoms with van der Waals surface area (Å²) in [4.78, 5) is 7.30. The molecule has 0 aliphatic carbocycles. The van der Waals surface area contributed by atoms with E-state index >= 15 is 0 Å². The van der Waals surface area contributed by atoms with Gasteiger partial charge in [-0.3, -0.25) is 0 Å². The Morgan fingerprint density at radius 2 is 2.21 bits per heavy atom. The molecule has 0 fully saturated rings. The molecule has 0 spiro atoms. The van der Waals surface area contributed by atoms with Gasteiger partial charge in [0.15, 0.2) is 0 Å². The Bertz CT molecular complexity index is 445. The van der Waals surface area contributed by atoms with Gasteiger partial charge < -0.3 is 4.98 Å². The number of nitrogens with zero attached hydrogens (tertiary/aromatic N) is 1. The molecule has 74 valence electrons. The maximum atomic E-state index is 5.82. The first-order valence-electron chi connectivity index (χ1n) is 4.80. The van der Waals surface area contributed by atoms with Crippen LogP contribution in [0.3, 0.4) is 0 Å². The molecule has 0 bridgehead atoms. The van der Waals surface area contributed by atoms with Crippen molar-refractivity contribution in [2.75, 3.05) is 0 Å². The maximum Gasteiger partial charge on any atom is 0.201 e. The van der Waals surface area contributed by atoms with Gasteiger partial charge in [0.05, 0.1) is 11.0 Å². The van der Waals surface area contributed by atoms with Gasteiger partial charge in [-0.05, 0) is 35.6 Å². The van der Waals surface area contributed by atoms with E-state index in [1.54, 1.807) is 0 Å². The van der Waals surface area contributed by atoms with Gasteiger partial charge in [-0.1, -0.05) is 26.0 Å². The van der Waals surface area contributed by atoms with Crippen LogP contribution >= 0.6 is 11.6 Å². The van der Waals surface area contributed by atoms with E-state index in [0.29, 0.717) is 11.2 Å². The summed E-state index contributed by atoms with van der Waals surface area (Å²) in [7, 11) is 0. The molecule has 2 nitrogen and oxygen atoms in total. The quantitative estimate of drug-likeness (QED) is 0.805. The number of aromatic nitrogens is 2. The van der Waals surface area contributed by atoms with Crippen LogP contribution in [0.15, 0.2) is 18.2 Å². The summed E-state index contributed by atoms with van der Waals surface area (Å²) in [5, 5.41) is 0.469. The molecule has 1 aromatic carbocycles. The maximum absolute atomic E-state index is 5.82. The molecule has 0 unspecified atom stereocenters. The number of rotatable bonds is 2. The highest BCUT2D eigenvalue weighted by molar-refractivity contribution is 6.29. The van der Waals surface area contributed by atoms with Crippen molar-refractivity contribution < 1.29 is 0 Å². The molecule has 3 heteroatoms. The van der Waals surface area contributed by atoms with Gasteiger partial charge in [-0.15, -0.1) is 0 Å². The van der Waals surface area contributed by atoms with Gasteiger partial charge in [0, 0.05) is 0 Å². The van der Waals surface area contributed by atoms with Crippen molar-refractivity contribution in [1.82, 2.24) is 9.97 Å². The van der Waals surface area contributed by atoms with Crippen molar-refractivity contribution in [2.24, 2.45) is 5.92 Å². The second-order valence-electron chi connectivity index (χ2n) is 3.94. The van der Waals surface area contributed by atoms with Gasteiger partial charge in [0.1, 0.15) is 0 Å². The first-order valence-corrected chi connectivity index (χ1v) is 5.17. The van der Waals surface area contributed by atoms with E-state index in [4.69, 9.17) is 11.6 Å². The Kier molecular flexibility index (Phi) is 2.46. The molecule has 14 heavy (non-hydrogen) atoms. The molecule has 1 aromatic heterocycles. The highest BCUT2D eigenvalue weighted by atomic mass is 35.5. The number of hydrogen-bond donors (Lipinski definition) is 1. The summed E-state index contributed by atoms with van der Waals surface area (Å²) in [5.74, 6) is 0.635. The molecule has 1 heterocycles. The van der Waals surface area contributed by atoms with E-state index in [1.165, 1.54) is 5.56 Å². The largest absolute Gasteiger partial charge is 0.329 e. The molecule has 1 N–H and O–H groups in total. The number of fused-ring (bicyclic) bond motifs is 1. The summed E-state index contributed by atoms with van der Waals surface area (Å²) in [6.07, 6.45) is 1.04. The van der Waals surface area contributed by atoms with Crippen molar-refractivity contribution in [1.29, 1.82) is 0 Å². The number of para-hydroxylation sites is 1. The zero-order valence-corrected chi connectivity index (χ0v) is 9.10. The highest BCUT2D eigenvalue weighted by Crippen LogP contribution is 2.20. The molecule has 0 saturated carbocycles. The summed E-state index contributed by atoms with van der Waals surface area (Å²) in [6.45, 7) is 4.40. The Morgan fingerprint density at radius 1 is 1.43 bits per heavy atom. The van der Waals surface area contributed by atoms with Gasteiger partial charge in [0.25, 0.3) is 0 Å². The molecule has 0 saturated heterocycles. The number of imidazole rings is 1. The third-order valence-corrected chi connectivity index (χ3v) is 2.37. The van der Waals surface area contributed by atoms with Crippen molar-refractivity contribution in [3.63, 3.8) is 0 Å². The van der Waals surface area contributed by atoms with Crippen molar-refractivity contribution in [2.45, 2.75) is 20.3 Å². The Morgan fingerprint density at radius 3 is 2.93 bits per heavy atom. The molecule has 2 rings (SSSR count). The van der Waals surface area contributed by atoms with Crippen LogP contribution in [0, 0.1) is 5.92 Å². The molecule has 0 radical (unpaired) electrons. The summed E-state index contributed by atoms with van der Waals surface area (Å²) < 4.78 is 0. The Hall–Kier alpha value is -1.02. The first-order chi connectivity index (χ1) is 6.66. The van der Waals surface area contributed by atoms with Crippen LogP contribution in [0.25, 0.3) is 11.0 Å². The van der Waals surface area contributed by atoms with Crippen LogP contribution < -0.4 is 0 Å². The second-order valence-corrected chi connectivity index (χ2v) is 4.30. The minimum absolute atomic E-state index is 0.469. The molecule has 0 aliphatic heterocycles. The van der Waals surface area contributed by atoms with E-state index in [0.717, 1.165) is 17.5 Å². The molecule has 2 aromatic rings. The van der Waals surface area contributed by atoms with Crippen LogP contribution in [0.4, 0.5) is 0 Å². The van der Waals surface area contributed by atoms with Crippen molar-refractivity contribution in [3.05, 3.63) is 29.0 Å². The van der Waals surface area contributed by atoms with E-state index in [9.17, 15) is 0 Å². The van der Waals surface area contributed by atoms with Gasteiger partial charge in [0.2, 0.25) is 5.28 Å². The molecular weight excluding hydrogens is 196 g/mol. The van der Waals surface area contributed by atoms with Gasteiger partial charge in [-0.25, -0.2) is 4.98 Å². The molecule has 0 amide bonds. The average molecular weight is 209 g/mol. The zero-order valence-electron chi connectivity index (χ0n) is 8.34. The first kappa shape index (κ1) is 9.53. The number of H-pyrrole nitrogens is 1. The van der Waals surface area contributed by atoms with E-state index in [1.807, 2.05) is 12.1 Å². The summed E-state index contributed by atoms with van der Waals surface area (Å²) in [6, 6.07) is 6.14. The molecular formula is C11H13ClN2. The number of halogens is 1. The number of aromatic amines is 1. The molecule has 0 aliphatic rings. The smallest absolute Gasteiger partial charge is 0.201 e.